The normalized spacial score (nSPS) is 11.8. The van der Waals surface area contributed by atoms with Crippen LogP contribution in [0.5, 0.6) is 11.5 Å². The molecule has 0 bridgehead atoms. The van der Waals surface area contributed by atoms with Crippen LogP contribution in [0.2, 0.25) is 0 Å². The van der Waals surface area contributed by atoms with Crippen LogP contribution in [0.25, 0.3) is 0 Å². The summed E-state index contributed by atoms with van der Waals surface area (Å²) >= 11 is 0. The van der Waals surface area contributed by atoms with Crippen LogP contribution in [0.1, 0.15) is 31.4 Å². The molecule has 1 unspecified atom stereocenters. The Morgan fingerprint density at radius 2 is 1.77 bits per heavy atom. The van der Waals surface area contributed by atoms with E-state index in [1.807, 2.05) is 26.1 Å². The van der Waals surface area contributed by atoms with Crippen molar-refractivity contribution in [3.8, 4) is 11.5 Å². The zero-order valence-electron chi connectivity index (χ0n) is 16.7. The fourth-order valence-electron chi connectivity index (χ4n) is 2.56. The predicted molar refractivity (Wildman–Crippen MR) is 101 cm³/mol. The molecule has 0 fully saturated rings. The van der Waals surface area contributed by atoms with Crippen molar-refractivity contribution in [2.75, 3.05) is 34.4 Å². The topological polar surface area (TPSA) is 81.1 Å². The minimum atomic E-state index is -0.439. The van der Waals surface area contributed by atoms with Gasteiger partial charge in [0.25, 0.3) is 5.91 Å². The molecular formula is C19H32N3O4+. The molecule has 0 heterocycles. The summed E-state index contributed by atoms with van der Waals surface area (Å²) in [4.78, 5) is 24.7. The highest BCUT2D eigenvalue weighted by atomic mass is 16.5. The van der Waals surface area contributed by atoms with Gasteiger partial charge in [-0.05, 0) is 37.0 Å². The van der Waals surface area contributed by atoms with Gasteiger partial charge in [-0.25, -0.2) is 4.79 Å². The maximum Gasteiger partial charge on any atom is 0.321 e. The number of ether oxygens (including phenoxy) is 2. The summed E-state index contributed by atoms with van der Waals surface area (Å²) in [6.45, 7) is 7.55. The van der Waals surface area contributed by atoms with Gasteiger partial charge in [-0.3, -0.25) is 10.1 Å². The van der Waals surface area contributed by atoms with E-state index in [0.717, 1.165) is 22.4 Å². The van der Waals surface area contributed by atoms with E-state index >= 15 is 0 Å². The number of quaternary nitrogens is 1. The molecule has 0 radical (unpaired) electrons. The molecule has 7 nitrogen and oxygen atoms in total. The van der Waals surface area contributed by atoms with E-state index in [9.17, 15) is 9.59 Å². The fourth-order valence-corrected chi connectivity index (χ4v) is 2.56. The quantitative estimate of drug-likeness (QED) is 0.607. The lowest BCUT2D eigenvalue weighted by atomic mass is 10.1. The number of carbonyl (C=O) groups excluding carboxylic acids is 2. The van der Waals surface area contributed by atoms with Gasteiger partial charge in [0, 0.05) is 12.1 Å². The average molecular weight is 366 g/mol. The van der Waals surface area contributed by atoms with Gasteiger partial charge < -0.3 is 19.7 Å². The van der Waals surface area contributed by atoms with E-state index in [1.54, 1.807) is 14.2 Å². The van der Waals surface area contributed by atoms with Crippen molar-refractivity contribution in [1.29, 1.82) is 0 Å². The largest absolute Gasteiger partial charge is 0.493 e. The standard InChI is InChI=1S/C19H31N3O4/c1-13(2)7-8-20-19(24)21-18(23)12-22(4)11-15-10-17(26-6)16(25-5)9-14(15)3/h9-10,13H,7-8,11-12H2,1-6H3,(H2,20,21,23,24)/p+1. The van der Waals surface area contributed by atoms with E-state index < -0.39 is 6.03 Å². The van der Waals surface area contributed by atoms with Crippen LogP contribution < -0.4 is 25.0 Å². The van der Waals surface area contributed by atoms with E-state index in [0.29, 0.717) is 30.5 Å². The second-order valence-corrected chi connectivity index (χ2v) is 6.93. The fraction of sp³-hybridized carbons (Fsp3) is 0.579. The van der Waals surface area contributed by atoms with Crippen molar-refractivity contribution in [2.45, 2.75) is 33.7 Å². The molecule has 3 amide bonds. The Morgan fingerprint density at radius 1 is 1.15 bits per heavy atom. The summed E-state index contributed by atoms with van der Waals surface area (Å²) in [5, 5.41) is 5.07. The van der Waals surface area contributed by atoms with Crippen molar-refractivity contribution < 1.29 is 24.0 Å². The molecule has 146 valence electrons. The van der Waals surface area contributed by atoms with Crippen LogP contribution in [0, 0.1) is 12.8 Å². The maximum atomic E-state index is 12.0. The van der Waals surface area contributed by atoms with Gasteiger partial charge >= 0.3 is 6.03 Å². The van der Waals surface area contributed by atoms with Crippen LogP contribution in [0.4, 0.5) is 4.79 Å². The minimum Gasteiger partial charge on any atom is -0.493 e. The smallest absolute Gasteiger partial charge is 0.321 e. The molecule has 1 aromatic rings. The number of benzene rings is 1. The molecule has 1 aromatic carbocycles. The van der Waals surface area contributed by atoms with Crippen molar-refractivity contribution >= 4 is 11.9 Å². The third-order valence-corrected chi connectivity index (χ3v) is 4.06. The Hall–Kier alpha value is -2.28. The van der Waals surface area contributed by atoms with Crippen molar-refractivity contribution in [2.24, 2.45) is 5.92 Å². The van der Waals surface area contributed by atoms with Gasteiger partial charge in [0.05, 0.1) is 21.3 Å². The molecule has 0 saturated heterocycles. The Morgan fingerprint density at radius 3 is 2.35 bits per heavy atom. The van der Waals surface area contributed by atoms with Crippen LogP contribution in [0.15, 0.2) is 12.1 Å². The van der Waals surface area contributed by atoms with Gasteiger partial charge in [0.15, 0.2) is 18.0 Å². The molecule has 0 saturated carbocycles. The molecule has 3 N–H and O–H groups in total. The van der Waals surface area contributed by atoms with Gasteiger partial charge in [-0.2, -0.15) is 0 Å². The lowest BCUT2D eigenvalue weighted by Gasteiger charge is -2.17. The highest BCUT2D eigenvalue weighted by Gasteiger charge is 2.16. The molecule has 1 rings (SSSR count). The Balaban J connectivity index is 2.54. The summed E-state index contributed by atoms with van der Waals surface area (Å²) < 4.78 is 10.6. The number of urea groups is 1. The van der Waals surface area contributed by atoms with Crippen LogP contribution in [0.3, 0.4) is 0 Å². The number of hydrogen-bond donors (Lipinski definition) is 3. The predicted octanol–water partition coefficient (Wildman–Crippen LogP) is 0.899. The first-order valence-corrected chi connectivity index (χ1v) is 8.87. The van der Waals surface area contributed by atoms with Crippen molar-refractivity contribution in [1.82, 2.24) is 10.6 Å². The monoisotopic (exact) mass is 366 g/mol. The number of carbonyl (C=O) groups is 2. The number of hydrogen-bond acceptors (Lipinski definition) is 4. The second-order valence-electron chi connectivity index (χ2n) is 6.93. The molecule has 7 heteroatoms. The highest BCUT2D eigenvalue weighted by molar-refractivity contribution is 5.94. The van der Waals surface area contributed by atoms with Crippen LogP contribution >= 0.6 is 0 Å². The van der Waals surface area contributed by atoms with Gasteiger partial charge in [0.1, 0.15) is 6.54 Å². The summed E-state index contributed by atoms with van der Waals surface area (Å²) in [7, 11) is 5.11. The molecule has 0 spiro atoms. The average Bonchev–Trinajstić information content (AvgIpc) is 2.55. The Kier molecular flexibility index (Phi) is 8.92. The lowest BCUT2D eigenvalue weighted by molar-refractivity contribution is -0.885. The van der Waals surface area contributed by atoms with Crippen molar-refractivity contribution in [3.05, 3.63) is 23.3 Å². The first-order valence-electron chi connectivity index (χ1n) is 8.87. The van der Waals surface area contributed by atoms with Crippen LogP contribution in [-0.4, -0.2) is 46.3 Å². The van der Waals surface area contributed by atoms with E-state index in [2.05, 4.69) is 24.5 Å². The molecule has 0 aliphatic heterocycles. The summed E-state index contributed by atoms with van der Waals surface area (Å²) in [5.41, 5.74) is 2.13. The number of imide groups is 1. The molecule has 26 heavy (non-hydrogen) atoms. The molecule has 0 aromatic heterocycles. The van der Waals surface area contributed by atoms with Gasteiger partial charge in [0.2, 0.25) is 0 Å². The number of aryl methyl sites for hydroxylation is 1. The van der Waals surface area contributed by atoms with Crippen molar-refractivity contribution in [3.63, 3.8) is 0 Å². The molecular weight excluding hydrogens is 334 g/mol. The Bertz CT molecular complexity index is 617. The SMILES string of the molecule is COc1cc(C)c(C[NH+](C)CC(=O)NC(=O)NCCC(C)C)cc1OC. The number of rotatable bonds is 9. The van der Waals surface area contributed by atoms with E-state index in [4.69, 9.17) is 9.47 Å². The van der Waals surface area contributed by atoms with E-state index in [-0.39, 0.29) is 12.5 Å². The minimum absolute atomic E-state index is 0.200. The first kappa shape index (κ1) is 21.8. The van der Waals surface area contributed by atoms with E-state index in [1.165, 1.54) is 0 Å². The third-order valence-electron chi connectivity index (χ3n) is 4.06. The first-order chi connectivity index (χ1) is 12.3. The molecule has 0 aliphatic rings. The number of nitrogens with one attached hydrogen (secondary N) is 3. The number of methoxy groups -OCH3 is 2. The van der Waals surface area contributed by atoms with Gasteiger partial charge in [-0.15, -0.1) is 0 Å². The number of amides is 3. The highest BCUT2D eigenvalue weighted by Crippen LogP contribution is 2.29. The third kappa shape index (κ3) is 7.31. The van der Waals surface area contributed by atoms with Crippen LogP contribution in [-0.2, 0) is 11.3 Å². The molecule has 1 atom stereocenters. The lowest BCUT2D eigenvalue weighted by Crippen LogP contribution is -3.09. The number of likely N-dealkylation sites (N-methyl/N-ethyl adjacent to an activating group) is 1. The zero-order valence-corrected chi connectivity index (χ0v) is 16.7. The van der Waals surface area contributed by atoms with Gasteiger partial charge in [-0.1, -0.05) is 13.8 Å². The maximum absolute atomic E-state index is 12.0. The zero-order chi connectivity index (χ0) is 19.7. The Labute approximate surface area is 156 Å². The summed E-state index contributed by atoms with van der Waals surface area (Å²) in [6, 6.07) is 3.41. The molecule has 0 aliphatic carbocycles. The summed E-state index contributed by atoms with van der Waals surface area (Å²) in [5.74, 6) is 1.55. The summed E-state index contributed by atoms with van der Waals surface area (Å²) in [6.07, 6.45) is 0.880. The second kappa shape index (κ2) is 10.7.